The van der Waals surface area contributed by atoms with Crippen molar-refractivity contribution in [1.29, 1.82) is 0 Å². The van der Waals surface area contributed by atoms with Crippen molar-refractivity contribution >= 4 is 42.1 Å². The second kappa shape index (κ2) is 7.94. The molecule has 1 N–H and O–H groups in total. The maximum Gasteiger partial charge on any atom is 0.265 e. The van der Waals surface area contributed by atoms with Gasteiger partial charge in [-0.3, -0.25) is 4.79 Å². The van der Waals surface area contributed by atoms with E-state index in [1.807, 2.05) is 18.9 Å². The highest BCUT2D eigenvalue weighted by Gasteiger charge is 2.24. The average Bonchev–Trinajstić information content (AvgIpc) is 2.75. The average molecular weight is 312 g/mol. The van der Waals surface area contributed by atoms with Crippen LogP contribution in [-0.4, -0.2) is 42.0 Å². The molecule has 4 nitrogen and oxygen atoms in total. The minimum Gasteiger partial charge on any atom is -0.338 e. The molecule has 0 aliphatic carbocycles. The molecule has 1 aromatic heterocycles. The summed E-state index contributed by atoms with van der Waals surface area (Å²) in [6, 6.07) is 0.371. The minimum absolute atomic E-state index is 0. The summed E-state index contributed by atoms with van der Waals surface area (Å²) in [5.74, 6) is 0.118. The molecule has 1 fully saturated rings. The van der Waals surface area contributed by atoms with E-state index in [4.69, 9.17) is 0 Å². The van der Waals surface area contributed by atoms with E-state index in [1.54, 1.807) is 5.51 Å². The van der Waals surface area contributed by atoms with Gasteiger partial charge in [0.25, 0.3) is 5.91 Å². The summed E-state index contributed by atoms with van der Waals surface area (Å²) in [5, 5.41) is 3.31. The summed E-state index contributed by atoms with van der Waals surface area (Å²) in [6.07, 6.45) is 2.08. The van der Waals surface area contributed by atoms with Crippen molar-refractivity contribution in [2.24, 2.45) is 0 Å². The fourth-order valence-corrected chi connectivity index (χ4v) is 2.81. The lowest BCUT2D eigenvalue weighted by Crippen LogP contribution is -2.43. The van der Waals surface area contributed by atoms with Gasteiger partial charge in [-0.2, -0.15) is 0 Å². The molecule has 2 rings (SSSR count). The van der Waals surface area contributed by atoms with E-state index >= 15 is 0 Å². The molecule has 18 heavy (non-hydrogen) atoms. The van der Waals surface area contributed by atoms with Crippen LogP contribution in [0.5, 0.6) is 0 Å². The zero-order valence-electron chi connectivity index (χ0n) is 10.5. The molecule has 1 aliphatic heterocycles. The molecule has 1 aromatic rings. The minimum atomic E-state index is 0. The van der Waals surface area contributed by atoms with Crippen molar-refractivity contribution in [2.75, 3.05) is 20.1 Å². The van der Waals surface area contributed by atoms with Gasteiger partial charge in [0.2, 0.25) is 0 Å². The molecule has 1 amide bonds. The number of piperidine rings is 1. The van der Waals surface area contributed by atoms with E-state index in [0.717, 1.165) is 36.5 Å². The summed E-state index contributed by atoms with van der Waals surface area (Å²) in [6.45, 7) is 3.90. The molecular weight excluding hydrogens is 293 g/mol. The Balaban J connectivity index is 0.00000144. The Hall–Kier alpha value is -0.360. The van der Waals surface area contributed by atoms with Crippen LogP contribution in [0.1, 0.15) is 28.2 Å². The number of thiazole rings is 1. The summed E-state index contributed by atoms with van der Waals surface area (Å²) < 4.78 is 0. The molecule has 104 valence electrons. The van der Waals surface area contributed by atoms with Gasteiger partial charge in [0.1, 0.15) is 4.88 Å². The highest BCUT2D eigenvalue weighted by molar-refractivity contribution is 7.11. The van der Waals surface area contributed by atoms with Crippen LogP contribution in [-0.2, 0) is 0 Å². The molecule has 0 unspecified atom stereocenters. The molecule has 0 aromatic carbocycles. The standard InChI is InChI=1S/C11H17N3OS.2ClH/c1-8-10(16-7-13-8)11(15)14(2)9-3-5-12-6-4-9;;/h7,9,12H,3-6H2,1-2H3;2*1H. The zero-order valence-corrected chi connectivity index (χ0v) is 13.0. The lowest BCUT2D eigenvalue weighted by Gasteiger charge is -2.31. The first-order valence-corrected chi connectivity index (χ1v) is 6.46. The number of carbonyl (C=O) groups is 1. The Labute approximate surface area is 124 Å². The normalized spacial score (nSPS) is 15.4. The number of amides is 1. The lowest BCUT2D eigenvalue weighted by atomic mass is 10.1. The van der Waals surface area contributed by atoms with Crippen LogP contribution in [0, 0.1) is 6.92 Å². The largest absolute Gasteiger partial charge is 0.338 e. The van der Waals surface area contributed by atoms with Gasteiger partial charge in [-0.1, -0.05) is 0 Å². The third-order valence-electron chi connectivity index (χ3n) is 3.12. The van der Waals surface area contributed by atoms with E-state index in [0.29, 0.717) is 6.04 Å². The van der Waals surface area contributed by atoms with Gasteiger partial charge < -0.3 is 10.2 Å². The van der Waals surface area contributed by atoms with Crippen LogP contribution in [0.3, 0.4) is 0 Å². The lowest BCUT2D eigenvalue weighted by molar-refractivity contribution is 0.0707. The third kappa shape index (κ3) is 3.82. The number of aromatic nitrogens is 1. The van der Waals surface area contributed by atoms with Crippen molar-refractivity contribution in [1.82, 2.24) is 15.2 Å². The van der Waals surface area contributed by atoms with Crippen molar-refractivity contribution < 1.29 is 4.79 Å². The van der Waals surface area contributed by atoms with Gasteiger partial charge in [0.15, 0.2) is 0 Å². The quantitative estimate of drug-likeness (QED) is 0.910. The molecule has 0 radical (unpaired) electrons. The Morgan fingerprint density at radius 2 is 2.06 bits per heavy atom. The van der Waals surface area contributed by atoms with Gasteiger partial charge in [0.05, 0.1) is 11.2 Å². The van der Waals surface area contributed by atoms with Crippen molar-refractivity contribution in [3.05, 3.63) is 16.1 Å². The number of carbonyl (C=O) groups excluding carboxylic acids is 1. The smallest absolute Gasteiger partial charge is 0.265 e. The van der Waals surface area contributed by atoms with E-state index in [1.165, 1.54) is 11.3 Å². The predicted octanol–water partition coefficient (Wildman–Crippen LogP) is 2.12. The Kier molecular flexibility index (Phi) is 7.78. The van der Waals surface area contributed by atoms with Crippen LogP contribution in [0.2, 0.25) is 0 Å². The van der Waals surface area contributed by atoms with Gasteiger partial charge in [-0.05, 0) is 32.9 Å². The molecule has 0 saturated carbocycles. The first kappa shape index (κ1) is 17.6. The molecule has 1 saturated heterocycles. The van der Waals surface area contributed by atoms with Crippen LogP contribution in [0.4, 0.5) is 0 Å². The summed E-state index contributed by atoms with van der Waals surface area (Å²) >= 11 is 1.43. The first-order valence-electron chi connectivity index (χ1n) is 5.58. The highest BCUT2D eigenvalue weighted by Crippen LogP contribution is 2.18. The van der Waals surface area contributed by atoms with Crippen LogP contribution in [0.25, 0.3) is 0 Å². The van der Waals surface area contributed by atoms with Crippen molar-refractivity contribution in [3.8, 4) is 0 Å². The van der Waals surface area contributed by atoms with E-state index < -0.39 is 0 Å². The number of hydrogen-bond acceptors (Lipinski definition) is 4. The van der Waals surface area contributed by atoms with Gasteiger partial charge in [-0.15, -0.1) is 36.2 Å². The Morgan fingerprint density at radius 1 is 1.44 bits per heavy atom. The fourth-order valence-electron chi connectivity index (χ4n) is 2.03. The van der Waals surface area contributed by atoms with E-state index in [9.17, 15) is 4.79 Å². The fraction of sp³-hybridized carbons (Fsp3) is 0.636. The molecule has 2 heterocycles. The van der Waals surface area contributed by atoms with E-state index in [2.05, 4.69) is 10.3 Å². The molecule has 7 heteroatoms. The molecule has 1 aliphatic rings. The topological polar surface area (TPSA) is 45.2 Å². The number of aryl methyl sites for hydroxylation is 1. The van der Waals surface area contributed by atoms with Gasteiger partial charge >= 0.3 is 0 Å². The van der Waals surface area contributed by atoms with Crippen LogP contribution in [0.15, 0.2) is 5.51 Å². The second-order valence-corrected chi connectivity index (χ2v) is 5.02. The zero-order chi connectivity index (χ0) is 11.5. The molecule has 0 bridgehead atoms. The molecule has 0 atom stereocenters. The van der Waals surface area contributed by atoms with Crippen LogP contribution >= 0.6 is 36.2 Å². The monoisotopic (exact) mass is 311 g/mol. The van der Waals surface area contributed by atoms with Gasteiger partial charge in [-0.25, -0.2) is 4.98 Å². The van der Waals surface area contributed by atoms with E-state index in [-0.39, 0.29) is 30.7 Å². The number of rotatable bonds is 2. The number of nitrogens with one attached hydrogen (secondary N) is 1. The first-order chi connectivity index (χ1) is 7.70. The maximum absolute atomic E-state index is 12.2. The summed E-state index contributed by atoms with van der Waals surface area (Å²) in [7, 11) is 1.90. The Morgan fingerprint density at radius 3 is 2.56 bits per heavy atom. The molecule has 0 spiro atoms. The van der Waals surface area contributed by atoms with Crippen molar-refractivity contribution in [3.63, 3.8) is 0 Å². The number of nitrogens with zero attached hydrogens (tertiary/aromatic N) is 2. The second-order valence-electron chi connectivity index (χ2n) is 4.16. The van der Waals surface area contributed by atoms with Crippen molar-refractivity contribution in [2.45, 2.75) is 25.8 Å². The highest BCUT2D eigenvalue weighted by atomic mass is 35.5. The van der Waals surface area contributed by atoms with Crippen LogP contribution < -0.4 is 5.32 Å². The Bertz CT molecular complexity index is 380. The number of halogens is 2. The third-order valence-corrected chi connectivity index (χ3v) is 4.03. The SMILES string of the molecule is Cc1ncsc1C(=O)N(C)C1CCNCC1.Cl.Cl. The maximum atomic E-state index is 12.2. The summed E-state index contributed by atoms with van der Waals surface area (Å²) in [4.78, 5) is 19.0. The predicted molar refractivity (Wildman–Crippen MR) is 79.3 cm³/mol. The van der Waals surface area contributed by atoms with Gasteiger partial charge in [0, 0.05) is 13.1 Å². The molecular formula is C11H19Cl2N3OS. The summed E-state index contributed by atoms with van der Waals surface area (Å²) in [5.41, 5.74) is 2.58. The number of hydrogen-bond donors (Lipinski definition) is 1.